The molecule has 0 aliphatic heterocycles. The van der Waals surface area contributed by atoms with Gasteiger partial charge in [0.1, 0.15) is 11.5 Å². The summed E-state index contributed by atoms with van der Waals surface area (Å²) in [5.74, 6) is 0.819. The summed E-state index contributed by atoms with van der Waals surface area (Å²) in [5, 5.41) is 18.9. The highest BCUT2D eigenvalue weighted by Crippen LogP contribution is 2.32. The van der Waals surface area contributed by atoms with Gasteiger partial charge in [-0.25, -0.2) is 0 Å². The fourth-order valence-electron chi connectivity index (χ4n) is 2.51. The van der Waals surface area contributed by atoms with E-state index in [0.29, 0.717) is 17.9 Å². The molecule has 2 aromatic rings. The molecule has 0 saturated heterocycles. The van der Waals surface area contributed by atoms with Crippen molar-refractivity contribution in [3.63, 3.8) is 0 Å². The second-order valence-electron chi connectivity index (χ2n) is 6.24. The van der Waals surface area contributed by atoms with Crippen molar-refractivity contribution >= 4 is 12.4 Å². The van der Waals surface area contributed by atoms with E-state index in [4.69, 9.17) is 15.6 Å². The lowest BCUT2D eigenvalue weighted by atomic mass is 9.92. The molecule has 3 atom stereocenters. The molecule has 8 heteroatoms. The van der Waals surface area contributed by atoms with E-state index in [0.717, 1.165) is 17.7 Å². The smallest absolute Gasteiger partial charge is 0.416 e. The van der Waals surface area contributed by atoms with Crippen molar-refractivity contribution in [2.75, 3.05) is 6.61 Å². The summed E-state index contributed by atoms with van der Waals surface area (Å²) in [5.41, 5.74) is 5.82. The number of hydrogen-bond donors (Lipinski definition) is 3. The second kappa shape index (κ2) is 9.94. The van der Waals surface area contributed by atoms with Crippen molar-refractivity contribution in [1.29, 1.82) is 0 Å². The zero-order chi connectivity index (χ0) is 19.3. The van der Waals surface area contributed by atoms with Crippen LogP contribution in [0.2, 0.25) is 0 Å². The Hall–Kier alpha value is -1.80. The number of rotatable bonds is 7. The SMILES string of the molecule is CC(CC(O)C(N)CO)c1ccc(Oc2ccc(C(F)(F)F)cc2)cc1.Cl. The number of nitrogens with two attached hydrogens (primary N) is 1. The van der Waals surface area contributed by atoms with Gasteiger partial charge in [-0.05, 0) is 54.3 Å². The van der Waals surface area contributed by atoms with Gasteiger partial charge < -0.3 is 20.7 Å². The molecule has 0 bridgehead atoms. The van der Waals surface area contributed by atoms with E-state index in [1.807, 2.05) is 19.1 Å². The molecule has 0 fully saturated rings. The van der Waals surface area contributed by atoms with E-state index in [1.54, 1.807) is 12.1 Å². The molecule has 0 aliphatic rings. The molecule has 0 aliphatic carbocycles. The lowest BCUT2D eigenvalue weighted by Gasteiger charge is -2.21. The monoisotopic (exact) mass is 405 g/mol. The van der Waals surface area contributed by atoms with Crippen LogP contribution in [-0.2, 0) is 6.18 Å². The average molecular weight is 406 g/mol. The quantitative estimate of drug-likeness (QED) is 0.648. The highest BCUT2D eigenvalue weighted by molar-refractivity contribution is 5.85. The molecule has 150 valence electrons. The van der Waals surface area contributed by atoms with Crippen LogP contribution in [-0.4, -0.2) is 29.0 Å². The summed E-state index contributed by atoms with van der Waals surface area (Å²) >= 11 is 0. The number of halogens is 4. The maximum Gasteiger partial charge on any atom is 0.416 e. The Balaban J connectivity index is 0.00000364. The third-order valence-electron chi connectivity index (χ3n) is 4.17. The van der Waals surface area contributed by atoms with Crippen LogP contribution >= 0.6 is 12.4 Å². The van der Waals surface area contributed by atoms with Gasteiger partial charge in [0.2, 0.25) is 0 Å². The highest BCUT2D eigenvalue weighted by atomic mass is 35.5. The number of aliphatic hydroxyl groups excluding tert-OH is 2. The minimum absolute atomic E-state index is 0. The number of hydrogen-bond acceptors (Lipinski definition) is 4. The summed E-state index contributed by atoms with van der Waals surface area (Å²) in [6, 6.07) is 10.9. The van der Waals surface area contributed by atoms with E-state index in [9.17, 15) is 18.3 Å². The molecular weight excluding hydrogens is 383 g/mol. The maximum absolute atomic E-state index is 12.5. The summed E-state index contributed by atoms with van der Waals surface area (Å²) in [7, 11) is 0. The largest absolute Gasteiger partial charge is 0.457 e. The van der Waals surface area contributed by atoms with Crippen molar-refractivity contribution < 1.29 is 28.1 Å². The van der Waals surface area contributed by atoms with Crippen LogP contribution in [0, 0.1) is 0 Å². The lowest BCUT2D eigenvalue weighted by Crippen LogP contribution is -2.38. The van der Waals surface area contributed by atoms with E-state index >= 15 is 0 Å². The first-order chi connectivity index (χ1) is 12.2. The van der Waals surface area contributed by atoms with Gasteiger partial charge in [0, 0.05) is 0 Å². The molecule has 2 aromatic carbocycles. The minimum Gasteiger partial charge on any atom is -0.457 e. The lowest BCUT2D eigenvalue weighted by molar-refractivity contribution is -0.137. The number of aliphatic hydroxyl groups is 2. The molecule has 0 amide bonds. The number of alkyl halides is 3. The Bertz CT molecular complexity index is 693. The Labute approximate surface area is 162 Å². The van der Waals surface area contributed by atoms with Gasteiger partial charge in [0.25, 0.3) is 0 Å². The topological polar surface area (TPSA) is 75.7 Å². The average Bonchev–Trinajstić information content (AvgIpc) is 2.61. The Morgan fingerprint density at radius 2 is 1.48 bits per heavy atom. The van der Waals surface area contributed by atoms with Crippen molar-refractivity contribution in [3.8, 4) is 11.5 Å². The highest BCUT2D eigenvalue weighted by Gasteiger charge is 2.30. The summed E-state index contributed by atoms with van der Waals surface area (Å²) < 4.78 is 43.2. The van der Waals surface area contributed by atoms with Crippen LogP contribution in [0.1, 0.15) is 30.4 Å². The second-order valence-corrected chi connectivity index (χ2v) is 6.24. The summed E-state index contributed by atoms with van der Waals surface area (Å²) in [6.07, 6.45) is -4.78. The van der Waals surface area contributed by atoms with Crippen LogP contribution in [0.25, 0.3) is 0 Å². The minimum atomic E-state index is -4.38. The summed E-state index contributed by atoms with van der Waals surface area (Å²) in [6.45, 7) is 1.65. The molecule has 0 saturated carbocycles. The van der Waals surface area contributed by atoms with E-state index < -0.39 is 23.9 Å². The Morgan fingerprint density at radius 3 is 1.93 bits per heavy atom. The Kier molecular flexibility index (Phi) is 8.56. The van der Waals surface area contributed by atoms with Crippen LogP contribution in [0.3, 0.4) is 0 Å². The molecule has 0 aromatic heterocycles. The zero-order valence-corrected chi connectivity index (χ0v) is 15.5. The van der Waals surface area contributed by atoms with E-state index in [-0.39, 0.29) is 24.9 Å². The van der Waals surface area contributed by atoms with Crippen molar-refractivity contribution in [1.82, 2.24) is 0 Å². The molecule has 2 rings (SSSR count). The molecule has 0 heterocycles. The molecule has 3 unspecified atom stereocenters. The normalized spacial score (nSPS) is 14.8. The van der Waals surface area contributed by atoms with E-state index in [2.05, 4.69) is 0 Å². The van der Waals surface area contributed by atoms with Gasteiger partial charge in [-0.2, -0.15) is 13.2 Å². The molecule has 27 heavy (non-hydrogen) atoms. The fraction of sp³-hybridized carbons (Fsp3) is 0.368. The molecule has 0 radical (unpaired) electrons. The molecule has 4 nitrogen and oxygen atoms in total. The van der Waals surface area contributed by atoms with Gasteiger partial charge in [-0.15, -0.1) is 12.4 Å². The zero-order valence-electron chi connectivity index (χ0n) is 14.7. The molecule has 4 N–H and O–H groups in total. The number of ether oxygens (including phenoxy) is 1. The van der Waals surface area contributed by atoms with Crippen LogP contribution in [0.15, 0.2) is 48.5 Å². The van der Waals surface area contributed by atoms with Gasteiger partial charge in [0.15, 0.2) is 0 Å². The molecular formula is C19H23ClF3NO3. The third kappa shape index (κ3) is 6.70. The number of benzene rings is 2. The van der Waals surface area contributed by atoms with Crippen molar-refractivity contribution in [2.24, 2.45) is 5.73 Å². The van der Waals surface area contributed by atoms with Gasteiger partial charge in [0.05, 0.1) is 24.3 Å². The molecule has 0 spiro atoms. The van der Waals surface area contributed by atoms with Crippen molar-refractivity contribution in [2.45, 2.75) is 37.6 Å². The predicted octanol–water partition coefficient (Wildman–Crippen LogP) is 4.09. The Morgan fingerprint density at radius 1 is 1.00 bits per heavy atom. The van der Waals surface area contributed by atoms with Gasteiger partial charge >= 0.3 is 6.18 Å². The fourth-order valence-corrected chi connectivity index (χ4v) is 2.51. The predicted molar refractivity (Wildman–Crippen MR) is 99.3 cm³/mol. The third-order valence-corrected chi connectivity index (χ3v) is 4.17. The maximum atomic E-state index is 12.5. The first-order valence-corrected chi connectivity index (χ1v) is 8.20. The van der Waals surface area contributed by atoms with Crippen LogP contribution in [0.5, 0.6) is 11.5 Å². The first-order valence-electron chi connectivity index (χ1n) is 8.20. The van der Waals surface area contributed by atoms with Crippen LogP contribution < -0.4 is 10.5 Å². The standard InChI is InChI=1S/C19H22F3NO3.ClH/c1-12(10-18(25)17(23)11-24)13-2-6-15(7-3-13)26-16-8-4-14(5-9-16)19(20,21)22;/h2-9,12,17-18,24-25H,10-11,23H2,1H3;1H. The van der Waals surface area contributed by atoms with Gasteiger partial charge in [-0.1, -0.05) is 19.1 Å². The van der Waals surface area contributed by atoms with E-state index in [1.165, 1.54) is 12.1 Å². The van der Waals surface area contributed by atoms with Gasteiger partial charge in [-0.3, -0.25) is 0 Å². The summed E-state index contributed by atoms with van der Waals surface area (Å²) in [4.78, 5) is 0. The van der Waals surface area contributed by atoms with Crippen LogP contribution in [0.4, 0.5) is 13.2 Å². The van der Waals surface area contributed by atoms with Crippen molar-refractivity contribution in [3.05, 3.63) is 59.7 Å². The first kappa shape index (κ1) is 23.2.